The summed E-state index contributed by atoms with van der Waals surface area (Å²) in [7, 11) is 1.74. The number of carbonyl (C=O) groups excluding carboxylic acids is 1. The number of benzene rings is 1. The smallest absolute Gasteiger partial charge is 0.258 e. The Bertz CT molecular complexity index is 1320. The zero-order valence-corrected chi connectivity index (χ0v) is 16.6. The van der Waals surface area contributed by atoms with Crippen molar-refractivity contribution < 1.29 is 9.32 Å². The van der Waals surface area contributed by atoms with Crippen LogP contribution in [0, 0.1) is 20.8 Å². The number of fused-ring (bicyclic) bond motifs is 1. The van der Waals surface area contributed by atoms with Gasteiger partial charge in [0.15, 0.2) is 0 Å². The number of hydrogen-bond acceptors (Lipinski definition) is 5. The average molecular weight is 388 g/mol. The number of anilines is 1. The highest BCUT2D eigenvalue weighted by Crippen LogP contribution is 2.25. The third kappa shape index (κ3) is 3.42. The molecule has 0 atom stereocenters. The van der Waals surface area contributed by atoms with E-state index in [4.69, 9.17) is 4.52 Å². The number of aromatic nitrogens is 3. The van der Waals surface area contributed by atoms with E-state index in [0.717, 1.165) is 22.2 Å². The zero-order valence-electron chi connectivity index (χ0n) is 16.6. The van der Waals surface area contributed by atoms with Gasteiger partial charge in [0.05, 0.1) is 11.2 Å². The van der Waals surface area contributed by atoms with Gasteiger partial charge in [-0.1, -0.05) is 11.2 Å². The van der Waals surface area contributed by atoms with E-state index in [0.29, 0.717) is 22.4 Å². The quantitative estimate of drug-likeness (QED) is 0.577. The first-order valence-electron chi connectivity index (χ1n) is 9.15. The zero-order chi connectivity index (χ0) is 20.7. The molecule has 0 radical (unpaired) electrons. The summed E-state index contributed by atoms with van der Waals surface area (Å²) in [5.41, 5.74) is 4.75. The fourth-order valence-electron chi connectivity index (χ4n) is 3.32. The van der Waals surface area contributed by atoms with Gasteiger partial charge in [-0.2, -0.15) is 0 Å². The molecule has 3 heterocycles. The Kier molecular flexibility index (Phi) is 4.50. The van der Waals surface area contributed by atoms with Crippen molar-refractivity contribution in [2.75, 3.05) is 5.32 Å². The lowest BCUT2D eigenvalue weighted by Crippen LogP contribution is -2.20. The van der Waals surface area contributed by atoms with E-state index in [2.05, 4.69) is 15.5 Å². The lowest BCUT2D eigenvalue weighted by molar-refractivity contribution is 0.102. The third-order valence-electron chi connectivity index (χ3n) is 4.90. The van der Waals surface area contributed by atoms with Gasteiger partial charge in [-0.05, 0) is 56.2 Å². The van der Waals surface area contributed by atoms with Crippen LogP contribution in [0.3, 0.4) is 0 Å². The SMILES string of the molecule is Cc1cc2c(cn1)cc(-c1cc(C(=O)Nc3cc(C)no3)ccc1C)c(=O)n2C. The summed E-state index contributed by atoms with van der Waals surface area (Å²) in [4.78, 5) is 30.0. The van der Waals surface area contributed by atoms with Gasteiger partial charge in [0.25, 0.3) is 11.5 Å². The summed E-state index contributed by atoms with van der Waals surface area (Å²) >= 11 is 0. The summed E-state index contributed by atoms with van der Waals surface area (Å²) in [6.45, 7) is 5.57. The van der Waals surface area contributed by atoms with Crippen LogP contribution >= 0.6 is 0 Å². The summed E-state index contributed by atoms with van der Waals surface area (Å²) in [6.07, 6.45) is 1.76. The van der Waals surface area contributed by atoms with E-state index < -0.39 is 0 Å². The molecule has 0 bridgehead atoms. The number of aryl methyl sites for hydroxylation is 4. The summed E-state index contributed by atoms with van der Waals surface area (Å²) in [5.74, 6) is -0.0602. The van der Waals surface area contributed by atoms with Gasteiger partial charge < -0.3 is 9.09 Å². The van der Waals surface area contributed by atoms with Crippen LogP contribution in [0.2, 0.25) is 0 Å². The molecule has 1 N–H and O–H groups in total. The first kappa shape index (κ1) is 18.6. The van der Waals surface area contributed by atoms with Gasteiger partial charge in [-0.25, -0.2) is 0 Å². The first-order valence-corrected chi connectivity index (χ1v) is 9.15. The molecule has 1 aromatic carbocycles. The second-order valence-electron chi connectivity index (χ2n) is 7.12. The highest BCUT2D eigenvalue weighted by atomic mass is 16.5. The van der Waals surface area contributed by atoms with Crippen molar-refractivity contribution in [3.63, 3.8) is 0 Å². The lowest BCUT2D eigenvalue weighted by atomic mass is 9.97. The van der Waals surface area contributed by atoms with Crippen LogP contribution in [0.15, 0.2) is 51.9 Å². The molecule has 0 saturated carbocycles. The molecule has 1 amide bonds. The molecule has 0 spiro atoms. The number of amides is 1. The van der Waals surface area contributed by atoms with E-state index in [-0.39, 0.29) is 17.4 Å². The maximum atomic E-state index is 13.0. The van der Waals surface area contributed by atoms with Gasteiger partial charge >= 0.3 is 0 Å². The van der Waals surface area contributed by atoms with Crippen LogP contribution in [-0.2, 0) is 7.05 Å². The molecule has 4 aromatic rings. The van der Waals surface area contributed by atoms with Crippen molar-refractivity contribution in [2.45, 2.75) is 20.8 Å². The highest BCUT2D eigenvalue weighted by molar-refractivity contribution is 6.04. The number of hydrogen-bond donors (Lipinski definition) is 1. The Labute approximate surface area is 167 Å². The van der Waals surface area contributed by atoms with Crippen molar-refractivity contribution in [1.29, 1.82) is 0 Å². The largest absolute Gasteiger partial charge is 0.338 e. The van der Waals surface area contributed by atoms with Crippen molar-refractivity contribution >= 4 is 22.7 Å². The van der Waals surface area contributed by atoms with Crippen LogP contribution in [0.25, 0.3) is 22.0 Å². The van der Waals surface area contributed by atoms with E-state index in [1.54, 1.807) is 42.9 Å². The molecule has 0 aliphatic heterocycles. The standard InChI is InChI=1S/C22H20N4O3/c1-12-5-6-15(21(27)24-20-8-14(3)25-29-20)9-17(12)18-10-16-11-23-13(2)7-19(16)26(4)22(18)28/h5-11H,1-4H3,(H,24,27). The molecule has 0 fully saturated rings. The van der Waals surface area contributed by atoms with Gasteiger partial charge in [0.2, 0.25) is 5.88 Å². The van der Waals surface area contributed by atoms with Crippen molar-refractivity contribution in [3.8, 4) is 11.1 Å². The van der Waals surface area contributed by atoms with Crippen molar-refractivity contribution in [2.24, 2.45) is 7.05 Å². The molecule has 7 heteroatoms. The molecule has 3 aromatic heterocycles. The molecular formula is C22H20N4O3. The number of rotatable bonds is 3. The Morgan fingerprint density at radius 1 is 1.03 bits per heavy atom. The molecule has 0 aliphatic rings. The molecule has 146 valence electrons. The Balaban J connectivity index is 1.80. The van der Waals surface area contributed by atoms with E-state index in [1.807, 2.05) is 32.0 Å². The Morgan fingerprint density at radius 3 is 2.55 bits per heavy atom. The number of nitrogens with one attached hydrogen (secondary N) is 1. The third-order valence-corrected chi connectivity index (χ3v) is 4.90. The fraction of sp³-hybridized carbons (Fsp3) is 0.182. The molecule has 7 nitrogen and oxygen atoms in total. The molecule has 4 rings (SSSR count). The number of nitrogens with zero attached hydrogens (tertiary/aromatic N) is 3. The van der Waals surface area contributed by atoms with E-state index in [9.17, 15) is 9.59 Å². The normalized spacial score (nSPS) is 11.0. The van der Waals surface area contributed by atoms with E-state index >= 15 is 0 Å². The number of carbonyl (C=O) groups is 1. The minimum atomic E-state index is -0.336. The monoisotopic (exact) mass is 388 g/mol. The summed E-state index contributed by atoms with van der Waals surface area (Å²) in [6, 6.07) is 10.6. The van der Waals surface area contributed by atoms with Crippen LogP contribution in [0.1, 0.15) is 27.3 Å². The van der Waals surface area contributed by atoms with Gasteiger partial charge in [-0.3, -0.25) is 19.9 Å². The fourth-order valence-corrected chi connectivity index (χ4v) is 3.32. The second-order valence-corrected chi connectivity index (χ2v) is 7.12. The lowest BCUT2D eigenvalue weighted by Gasteiger charge is -2.12. The minimum Gasteiger partial charge on any atom is -0.338 e. The minimum absolute atomic E-state index is 0.130. The molecule has 0 saturated heterocycles. The van der Waals surface area contributed by atoms with Crippen LogP contribution in [0.5, 0.6) is 0 Å². The molecule has 29 heavy (non-hydrogen) atoms. The van der Waals surface area contributed by atoms with E-state index in [1.165, 1.54) is 0 Å². The van der Waals surface area contributed by atoms with Gasteiger partial charge in [-0.15, -0.1) is 0 Å². The predicted octanol–water partition coefficient (Wildman–Crippen LogP) is 3.77. The Hall–Kier alpha value is -3.74. The predicted molar refractivity (Wildman–Crippen MR) is 111 cm³/mol. The molecule has 0 aliphatic carbocycles. The van der Waals surface area contributed by atoms with Crippen LogP contribution in [-0.4, -0.2) is 20.6 Å². The maximum absolute atomic E-state index is 13.0. The van der Waals surface area contributed by atoms with Gasteiger partial charge in [0.1, 0.15) is 0 Å². The number of pyridine rings is 2. The second kappa shape index (κ2) is 7.01. The van der Waals surface area contributed by atoms with Crippen molar-refractivity contribution in [3.05, 3.63) is 75.5 Å². The highest BCUT2D eigenvalue weighted by Gasteiger charge is 2.15. The average Bonchev–Trinajstić information content (AvgIpc) is 3.10. The maximum Gasteiger partial charge on any atom is 0.258 e. The summed E-state index contributed by atoms with van der Waals surface area (Å²) < 4.78 is 6.66. The molecular weight excluding hydrogens is 368 g/mol. The van der Waals surface area contributed by atoms with Crippen molar-refractivity contribution in [1.82, 2.24) is 14.7 Å². The topological polar surface area (TPSA) is 90.0 Å². The van der Waals surface area contributed by atoms with Gasteiger partial charge in [0, 0.05) is 41.5 Å². The first-order chi connectivity index (χ1) is 13.8. The van der Waals surface area contributed by atoms with Crippen LogP contribution in [0.4, 0.5) is 5.88 Å². The van der Waals surface area contributed by atoms with Crippen LogP contribution < -0.4 is 10.9 Å². The molecule has 0 unspecified atom stereocenters. The summed E-state index contributed by atoms with van der Waals surface area (Å²) in [5, 5.41) is 7.30. The Morgan fingerprint density at radius 2 is 1.83 bits per heavy atom.